The van der Waals surface area contributed by atoms with Crippen molar-refractivity contribution in [3.8, 4) is 5.69 Å². The van der Waals surface area contributed by atoms with E-state index in [9.17, 15) is 4.79 Å². The number of aromatic nitrogens is 2. The number of hydrogen-bond acceptors (Lipinski definition) is 3. The summed E-state index contributed by atoms with van der Waals surface area (Å²) in [6.07, 6.45) is 3.04. The summed E-state index contributed by atoms with van der Waals surface area (Å²) in [5, 5.41) is 4.07. The van der Waals surface area contributed by atoms with Crippen LogP contribution in [-0.4, -0.2) is 15.7 Å². The maximum Gasteiger partial charge on any atom is 0.251 e. The van der Waals surface area contributed by atoms with Gasteiger partial charge in [-0.3, -0.25) is 4.79 Å². The largest absolute Gasteiger partial charge is 0.399 e. The Morgan fingerprint density at radius 3 is 2.75 bits per heavy atom. The van der Waals surface area contributed by atoms with E-state index in [0.29, 0.717) is 11.3 Å². The summed E-state index contributed by atoms with van der Waals surface area (Å²) < 4.78 is 1.61. The molecule has 0 radical (unpaired) electrons. The van der Waals surface area contributed by atoms with Gasteiger partial charge in [-0.25, -0.2) is 4.68 Å². The molecule has 1 aromatic carbocycles. The van der Waals surface area contributed by atoms with Gasteiger partial charge in [-0.1, -0.05) is 0 Å². The maximum absolute atomic E-state index is 10.9. The van der Waals surface area contributed by atoms with E-state index >= 15 is 0 Å². The number of primary amides is 1. The van der Waals surface area contributed by atoms with Crippen molar-refractivity contribution in [2.24, 2.45) is 5.73 Å². The van der Waals surface area contributed by atoms with E-state index in [1.54, 1.807) is 16.9 Å². The molecule has 0 saturated heterocycles. The Morgan fingerprint density at radius 2 is 2.19 bits per heavy atom. The van der Waals surface area contributed by atoms with Crippen LogP contribution in [0, 0.1) is 6.92 Å². The first-order valence-corrected chi connectivity index (χ1v) is 4.79. The standard InChI is InChI=1S/C11H12N4O/c1-7-4-9(12)2-3-10(7)15-6-8(5-14-15)11(13)16/h2-6H,12H2,1H3,(H2,13,16). The molecule has 2 aromatic rings. The highest BCUT2D eigenvalue weighted by Gasteiger charge is 2.07. The van der Waals surface area contributed by atoms with E-state index in [2.05, 4.69) is 5.10 Å². The predicted molar refractivity (Wildman–Crippen MR) is 61.2 cm³/mol. The topological polar surface area (TPSA) is 86.9 Å². The smallest absolute Gasteiger partial charge is 0.251 e. The first-order chi connectivity index (χ1) is 7.58. The fourth-order valence-electron chi connectivity index (χ4n) is 1.52. The Labute approximate surface area is 92.7 Å². The van der Waals surface area contributed by atoms with E-state index in [-0.39, 0.29) is 0 Å². The van der Waals surface area contributed by atoms with Crippen molar-refractivity contribution < 1.29 is 4.79 Å². The molecule has 1 amide bonds. The lowest BCUT2D eigenvalue weighted by molar-refractivity contribution is 0.100. The molecule has 4 N–H and O–H groups in total. The number of nitrogens with zero attached hydrogens (tertiary/aromatic N) is 2. The molecular formula is C11H12N4O. The summed E-state index contributed by atoms with van der Waals surface area (Å²) in [6, 6.07) is 5.48. The van der Waals surface area contributed by atoms with Crippen molar-refractivity contribution in [2.45, 2.75) is 6.92 Å². The molecule has 0 atom stereocenters. The van der Waals surface area contributed by atoms with Crippen molar-refractivity contribution in [1.82, 2.24) is 9.78 Å². The van der Waals surface area contributed by atoms with Crippen molar-refractivity contribution in [3.05, 3.63) is 41.7 Å². The fraction of sp³-hybridized carbons (Fsp3) is 0.0909. The van der Waals surface area contributed by atoms with Crippen molar-refractivity contribution in [3.63, 3.8) is 0 Å². The zero-order chi connectivity index (χ0) is 11.7. The molecule has 1 heterocycles. The molecular weight excluding hydrogens is 204 g/mol. The molecule has 1 aromatic heterocycles. The molecule has 0 bridgehead atoms. The monoisotopic (exact) mass is 216 g/mol. The minimum absolute atomic E-state index is 0.385. The quantitative estimate of drug-likeness (QED) is 0.730. The van der Waals surface area contributed by atoms with Crippen LogP contribution in [0.25, 0.3) is 5.69 Å². The predicted octanol–water partition coefficient (Wildman–Crippen LogP) is 0.862. The first-order valence-electron chi connectivity index (χ1n) is 4.79. The third-order valence-electron chi connectivity index (χ3n) is 2.33. The number of nitrogen functional groups attached to an aromatic ring is 1. The van der Waals surface area contributed by atoms with Gasteiger partial charge in [-0.2, -0.15) is 5.10 Å². The van der Waals surface area contributed by atoms with Gasteiger partial charge in [-0.15, -0.1) is 0 Å². The molecule has 16 heavy (non-hydrogen) atoms. The lowest BCUT2D eigenvalue weighted by atomic mass is 10.2. The number of rotatable bonds is 2. The highest BCUT2D eigenvalue weighted by molar-refractivity contribution is 5.92. The van der Waals surface area contributed by atoms with Crippen molar-refractivity contribution in [2.75, 3.05) is 5.73 Å². The Hall–Kier alpha value is -2.30. The molecule has 0 aliphatic heterocycles. The van der Waals surface area contributed by atoms with Crippen LogP contribution in [0.15, 0.2) is 30.6 Å². The molecule has 0 fully saturated rings. The van der Waals surface area contributed by atoms with Gasteiger partial charge in [0.15, 0.2) is 0 Å². The Kier molecular flexibility index (Phi) is 2.36. The minimum atomic E-state index is -0.487. The van der Waals surface area contributed by atoms with Gasteiger partial charge in [0, 0.05) is 11.9 Å². The van der Waals surface area contributed by atoms with Gasteiger partial charge < -0.3 is 11.5 Å². The van der Waals surface area contributed by atoms with E-state index < -0.39 is 5.91 Å². The summed E-state index contributed by atoms with van der Waals surface area (Å²) in [4.78, 5) is 10.9. The molecule has 0 saturated carbocycles. The van der Waals surface area contributed by atoms with Crippen LogP contribution in [-0.2, 0) is 0 Å². The second-order valence-electron chi connectivity index (χ2n) is 3.58. The van der Waals surface area contributed by atoms with Gasteiger partial charge >= 0.3 is 0 Å². The molecule has 82 valence electrons. The Balaban J connectivity index is 2.46. The normalized spacial score (nSPS) is 10.3. The van der Waals surface area contributed by atoms with E-state index in [1.165, 1.54) is 6.20 Å². The third kappa shape index (κ3) is 1.75. The van der Waals surface area contributed by atoms with Crippen LogP contribution >= 0.6 is 0 Å². The van der Waals surface area contributed by atoms with Crippen LogP contribution in [0.1, 0.15) is 15.9 Å². The number of aryl methyl sites for hydroxylation is 1. The summed E-state index contributed by atoms with van der Waals surface area (Å²) in [5.41, 5.74) is 13.8. The van der Waals surface area contributed by atoms with Gasteiger partial charge in [0.2, 0.25) is 0 Å². The van der Waals surface area contributed by atoms with E-state index in [4.69, 9.17) is 11.5 Å². The van der Waals surface area contributed by atoms with Crippen molar-refractivity contribution in [1.29, 1.82) is 0 Å². The van der Waals surface area contributed by atoms with Gasteiger partial charge in [0.05, 0.1) is 17.4 Å². The summed E-state index contributed by atoms with van der Waals surface area (Å²) in [5.74, 6) is -0.487. The number of amides is 1. The number of carbonyl (C=O) groups is 1. The highest BCUT2D eigenvalue weighted by atomic mass is 16.1. The molecule has 5 heteroatoms. The summed E-state index contributed by atoms with van der Waals surface area (Å²) in [6.45, 7) is 1.93. The van der Waals surface area contributed by atoms with Crippen LogP contribution in [0.5, 0.6) is 0 Å². The number of anilines is 1. The fourth-order valence-corrected chi connectivity index (χ4v) is 1.52. The van der Waals surface area contributed by atoms with Crippen LogP contribution < -0.4 is 11.5 Å². The average Bonchev–Trinajstić information content (AvgIpc) is 2.66. The van der Waals surface area contributed by atoms with Gasteiger partial charge in [0.1, 0.15) is 0 Å². The van der Waals surface area contributed by atoms with Crippen LogP contribution in [0.3, 0.4) is 0 Å². The number of hydrogen-bond donors (Lipinski definition) is 2. The van der Waals surface area contributed by atoms with Gasteiger partial charge in [-0.05, 0) is 30.7 Å². The third-order valence-corrected chi connectivity index (χ3v) is 2.33. The Morgan fingerprint density at radius 1 is 1.44 bits per heavy atom. The zero-order valence-corrected chi connectivity index (χ0v) is 8.84. The van der Waals surface area contributed by atoms with E-state index in [0.717, 1.165) is 11.3 Å². The molecule has 2 rings (SSSR count). The highest BCUT2D eigenvalue weighted by Crippen LogP contribution is 2.16. The zero-order valence-electron chi connectivity index (χ0n) is 8.84. The molecule has 0 spiro atoms. The number of carbonyl (C=O) groups excluding carboxylic acids is 1. The van der Waals surface area contributed by atoms with Crippen molar-refractivity contribution >= 4 is 11.6 Å². The maximum atomic E-state index is 10.9. The number of benzene rings is 1. The SMILES string of the molecule is Cc1cc(N)ccc1-n1cc(C(N)=O)cn1. The van der Waals surface area contributed by atoms with Gasteiger partial charge in [0.25, 0.3) is 5.91 Å². The lowest BCUT2D eigenvalue weighted by Crippen LogP contribution is -2.09. The average molecular weight is 216 g/mol. The second kappa shape index (κ2) is 3.69. The lowest BCUT2D eigenvalue weighted by Gasteiger charge is -2.05. The Bertz CT molecular complexity index is 545. The second-order valence-corrected chi connectivity index (χ2v) is 3.58. The summed E-state index contributed by atoms with van der Waals surface area (Å²) >= 11 is 0. The number of nitrogens with two attached hydrogens (primary N) is 2. The van der Waals surface area contributed by atoms with Crippen LogP contribution in [0.2, 0.25) is 0 Å². The first kappa shape index (κ1) is 10.2. The van der Waals surface area contributed by atoms with Crippen LogP contribution in [0.4, 0.5) is 5.69 Å². The molecule has 5 nitrogen and oxygen atoms in total. The molecule has 0 aliphatic rings. The van der Waals surface area contributed by atoms with E-state index in [1.807, 2.05) is 19.1 Å². The minimum Gasteiger partial charge on any atom is -0.399 e. The molecule has 0 unspecified atom stereocenters. The molecule has 0 aliphatic carbocycles. The summed E-state index contributed by atoms with van der Waals surface area (Å²) in [7, 11) is 0.